The first-order valence-electron chi connectivity index (χ1n) is 8.10. The average molecular weight is 326 g/mol. The Labute approximate surface area is 141 Å². The van der Waals surface area contributed by atoms with Gasteiger partial charge in [-0.2, -0.15) is 0 Å². The third-order valence-electron chi connectivity index (χ3n) is 4.32. The molecule has 1 aliphatic heterocycles. The number of amides is 1. The number of hydrogen-bond acceptors (Lipinski definition) is 4. The van der Waals surface area contributed by atoms with Gasteiger partial charge in [0.15, 0.2) is 0 Å². The van der Waals surface area contributed by atoms with Crippen LogP contribution in [0, 0.1) is 0 Å². The molecule has 0 spiro atoms. The van der Waals surface area contributed by atoms with Crippen LogP contribution in [0.25, 0.3) is 0 Å². The van der Waals surface area contributed by atoms with E-state index in [1.54, 1.807) is 13.2 Å². The molecule has 0 fully saturated rings. The SMILES string of the molecule is COc1cccc(C(O)CNC(=O)C2NCCc3ccccc32)c1. The largest absolute Gasteiger partial charge is 0.497 e. The minimum absolute atomic E-state index is 0.121. The molecule has 0 aliphatic carbocycles. The lowest BCUT2D eigenvalue weighted by atomic mass is 9.94. The Bertz CT molecular complexity index is 717. The highest BCUT2D eigenvalue weighted by Crippen LogP contribution is 2.23. The van der Waals surface area contributed by atoms with E-state index in [1.165, 1.54) is 5.56 Å². The van der Waals surface area contributed by atoms with E-state index in [0.717, 1.165) is 18.5 Å². The molecular weight excluding hydrogens is 304 g/mol. The first kappa shape index (κ1) is 16.5. The summed E-state index contributed by atoms with van der Waals surface area (Å²) in [5, 5.41) is 16.4. The number of rotatable bonds is 5. The molecule has 0 bridgehead atoms. The minimum atomic E-state index is -0.775. The second kappa shape index (κ2) is 7.47. The van der Waals surface area contributed by atoms with Crippen LogP contribution in [0.1, 0.15) is 28.8 Å². The van der Waals surface area contributed by atoms with Crippen LogP contribution in [0.5, 0.6) is 5.75 Å². The summed E-state index contributed by atoms with van der Waals surface area (Å²) in [7, 11) is 1.58. The van der Waals surface area contributed by atoms with Crippen LogP contribution in [-0.4, -0.2) is 31.2 Å². The van der Waals surface area contributed by atoms with Gasteiger partial charge < -0.3 is 20.5 Å². The molecule has 0 saturated heterocycles. The lowest BCUT2D eigenvalue weighted by molar-refractivity contribution is -0.123. The van der Waals surface area contributed by atoms with E-state index < -0.39 is 6.10 Å². The highest BCUT2D eigenvalue weighted by molar-refractivity contribution is 5.84. The number of carbonyl (C=O) groups excluding carboxylic acids is 1. The van der Waals surface area contributed by atoms with E-state index in [2.05, 4.69) is 16.7 Å². The summed E-state index contributed by atoms with van der Waals surface area (Å²) in [5.74, 6) is 0.560. The summed E-state index contributed by atoms with van der Waals surface area (Å²) in [4.78, 5) is 12.5. The number of methoxy groups -OCH3 is 1. The number of benzene rings is 2. The van der Waals surface area contributed by atoms with E-state index in [9.17, 15) is 9.90 Å². The number of aliphatic hydroxyl groups is 1. The van der Waals surface area contributed by atoms with Crippen molar-refractivity contribution in [2.45, 2.75) is 18.6 Å². The van der Waals surface area contributed by atoms with Crippen LogP contribution < -0.4 is 15.4 Å². The summed E-state index contributed by atoms with van der Waals surface area (Å²) >= 11 is 0. The maximum Gasteiger partial charge on any atom is 0.241 e. The number of fused-ring (bicyclic) bond motifs is 1. The first-order chi connectivity index (χ1) is 11.7. The molecule has 5 nitrogen and oxygen atoms in total. The molecule has 2 aromatic rings. The number of hydrogen-bond donors (Lipinski definition) is 3. The zero-order valence-electron chi connectivity index (χ0n) is 13.7. The predicted molar refractivity (Wildman–Crippen MR) is 91.9 cm³/mol. The molecule has 1 aliphatic rings. The van der Waals surface area contributed by atoms with Gasteiger partial charge in [0.05, 0.1) is 13.2 Å². The van der Waals surface area contributed by atoms with Crippen LogP contribution in [0.3, 0.4) is 0 Å². The molecule has 2 unspecified atom stereocenters. The molecule has 2 aromatic carbocycles. The fourth-order valence-electron chi connectivity index (χ4n) is 3.00. The lowest BCUT2D eigenvalue weighted by Crippen LogP contribution is -2.42. The number of carbonyl (C=O) groups is 1. The summed E-state index contributed by atoms with van der Waals surface area (Å²) in [6.07, 6.45) is 0.148. The van der Waals surface area contributed by atoms with Gasteiger partial charge in [-0.25, -0.2) is 0 Å². The van der Waals surface area contributed by atoms with E-state index in [-0.39, 0.29) is 18.5 Å². The minimum Gasteiger partial charge on any atom is -0.497 e. The second-order valence-electron chi connectivity index (χ2n) is 5.87. The fourth-order valence-corrected chi connectivity index (χ4v) is 3.00. The molecular formula is C19H22N2O3. The Hall–Kier alpha value is -2.37. The molecule has 5 heteroatoms. The Kier molecular flexibility index (Phi) is 5.13. The van der Waals surface area contributed by atoms with Crippen molar-refractivity contribution in [3.63, 3.8) is 0 Å². The van der Waals surface area contributed by atoms with Crippen molar-refractivity contribution in [2.24, 2.45) is 0 Å². The summed E-state index contributed by atoms with van der Waals surface area (Å²) < 4.78 is 5.16. The van der Waals surface area contributed by atoms with E-state index in [1.807, 2.05) is 36.4 Å². The average Bonchev–Trinajstić information content (AvgIpc) is 2.65. The number of ether oxygens (including phenoxy) is 1. The molecule has 0 aromatic heterocycles. The lowest BCUT2D eigenvalue weighted by Gasteiger charge is -2.26. The number of aliphatic hydroxyl groups excluding tert-OH is 1. The van der Waals surface area contributed by atoms with E-state index in [0.29, 0.717) is 11.3 Å². The molecule has 2 atom stereocenters. The van der Waals surface area contributed by atoms with Gasteiger partial charge in [0.2, 0.25) is 5.91 Å². The maximum absolute atomic E-state index is 12.5. The van der Waals surface area contributed by atoms with Crippen LogP contribution >= 0.6 is 0 Å². The first-order valence-corrected chi connectivity index (χ1v) is 8.10. The third kappa shape index (κ3) is 3.58. The third-order valence-corrected chi connectivity index (χ3v) is 4.32. The van der Waals surface area contributed by atoms with Gasteiger partial charge in [0, 0.05) is 13.1 Å². The molecule has 24 heavy (non-hydrogen) atoms. The van der Waals surface area contributed by atoms with Crippen molar-refractivity contribution in [3.8, 4) is 5.75 Å². The quantitative estimate of drug-likeness (QED) is 0.783. The summed E-state index contributed by atoms with van der Waals surface area (Å²) in [6.45, 7) is 0.930. The zero-order valence-corrected chi connectivity index (χ0v) is 13.7. The van der Waals surface area contributed by atoms with Crippen molar-refractivity contribution in [3.05, 3.63) is 65.2 Å². The van der Waals surface area contributed by atoms with Gasteiger partial charge in [-0.05, 0) is 35.2 Å². The summed E-state index contributed by atoms with van der Waals surface area (Å²) in [5.41, 5.74) is 2.92. The molecule has 1 amide bonds. The summed E-state index contributed by atoms with van der Waals surface area (Å²) in [6, 6.07) is 14.8. The van der Waals surface area contributed by atoms with Crippen LogP contribution in [0.15, 0.2) is 48.5 Å². The molecule has 0 radical (unpaired) electrons. The fraction of sp³-hybridized carbons (Fsp3) is 0.316. The Morgan fingerprint density at radius 3 is 3.00 bits per heavy atom. The van der Waals surface area contributed by atoms with Crippen molar-refractivity contribution in [2.75, 3.05) is 20.2 Å². The van der Waals surface area contributed by atoms with E-state index >= 15 is 0 Å². The highest BCUT2D eigenvalue weighted by atomic mass is 16.5. The van der Waals surface area contributed by atoms with Gasteiger partial charge in [-0.15, -0.1) is 0 Å². The second-order valence-corrected chi connectivity index (χ2v) is 5.87. The van der Waals surface area contributed by atoms with Crippen LogP contribution in [0.4, 0.5) is 0 Å². The van der Waals surface area contributed by atoms with Crippen molar-refractivity contribution in [1.29, 1.82) is 0 Å². The monoisotopic (exact) mass is 326 g/mol. The van der Waals surface area contributed by atoms with Gasteiger partial charge >= 0.3 is 0 Å². The zero-order chi connectivity index (χ0) is 16.9. The number of nitrogens with one attached hydrogen (secondary N) is 2. The van der Waals surface area contributed by atoms with Crippen molar-refractivity contribution in [1.82, 2.24) is 10.6 Å². The van der Waals surface area contributed by atoms with Gasteiger partial charge in [0.1, 0.15) is 11.8 Å². The predicted octanol–water partition coefficient (Wildman–Crippen LogP) is 1.73. The Balaban J connectivity index is 1.63. The van der Waals surface area contributed by atoms with Crippen LogP contribution in [0.2, 0.25) is 0 Å². The maximum atomic E-state index is 12.5. The smallest absolute Gasteiger partial charge is 0.241 e. The Morgan fingerprint density at radius 2 is 2.17 bits per heavy atom. The van der Waals surface area contributed by atoms with Gasteiger partial charge in [0.25, 0.3) is 0 Å². The Morgan fingerprint density at radius 1 is 1.33 bits per heavy atom. The van der Waals surface area contributed by atoms with E-state index in [4.69, 9.17) is 4.74 Å². The molecule has 3 N–H and O–H groups in total. The molecule has 3 rings (SSSR count). The normalized spacial score (nSPS) is 17.7. The molecule has 126 valence electrons. The molecule has 1 heterocycles. The highest BCUT2D eigenvalue weighted by Gasteiger charge is 2.25. The van der Waals surface area contributed by atoms with Crippen molar-refractivity contribution >= 4 is 5.91 Å². The topological polar surface area (TPSA) is 70.6 Å². The van der Waals surface area contributed by atoms with Crippen LogP contribution in [-0.2, 0) is 11.2 Å². The standard InChI is InChI=1S/C19H22N2O3/c1-24-15-7-4-6-14(11-15)17(22)12-21-19(23)18-16-8-3-2-5-13(16)9-10-20-18/h2-8,11,17-18,20,22H,9-10,12H2,1H3,(H,21,23). The van der Waals surface area contributed by atoms with Crippen molar-refractivity contribution < 1.29 is 14.6 Å². The van der Waals surface area contributed by atoms with Gasteiger partial charge in [-0.3, -0.25) is 4.79 Å². The molecule has 0 saturated carbocycles. The van der Waals surface area contributed by atoms with Gasteiger partial charge in [-0.1, -0.05) is 36.4 Å².